The molecule has 1 aliphatic heterocycles. The summed E-state index contributed by atoms with van der Waals surface area (Å²) in [6.07, 6.45) is 1.49. The number of benzene rings is 1. The van der Waals surface area contributed by atoms with Crippen molar-refractivity contribution in [1.29, 1.82) is 0 Å². The lowest BCUT2D eigenvalue weighted by atomic mass is 10.0. The number of hydrogen-bond acceptors (Lipinski definition) is 6. The fourth-order valence-corrected chi connectivity index (χ4v) is 3.14. The van der Waals surface area contributed by atoms with E-state index in [2.05, 4.69) is 0 Å². The van der Waals surface area contributed by atoms with Crippen LogP contribution < -0.4 is 9.47 Å². The number of methoxy groups -OCH3 is 2. The predicted octanol–water partition coefficient (Wildman–Crippen LogP) is 2.23. The highest BCUT2D eigenvalue weighted by molar-refractivity contribution is 8.26. The van der Waals surface area contributed by atoms with Gasteiger partial charge in [-0.15, -0.1) is 0 Å². The topological polar surface area (TPSA) is 76.1 Å². The molecule has 22 heavy (non-hydrogen) atoms. The molecule has 0 atom stereocenters. The summed E-state index contributed by atoms with van der Waals surface area (Å²) >= 11 is 6.18. The zero-order valence-corrected chi connectivity index (χ0v) is 13.7. The lowest BCUT2D eigenvalue weighted by molar-refractivity contribution is -0.121. The highest BCUT2D eigenvalue weighted by Gasteiger charge is 2.30. The number of hydrogen-bond donors (Lipinski definition) is 1. The van der Waals surface area contributed by atoms with Crippen LogP contribution in [0, 0.1) is 0 Å². The Morgan fingerprint density at radius 3 is 2.50 bits per heavy atom. The van der Waals surface area contributed by atoms with Gasteiger partial charge in [0.05, 0.1) is 19.1 Å². The van der Waals surface area contributed by atoms with E-state index in [-0.39, 0.29) is 17.2 Å². The SMILES string of the molecule is COc1ccc(/C=C2/SC(=S)N(C)C2=O)c(C(=O)O)c1OC. The molecule has 1 fully saturated rings. The van der Waals surface area contributed by atoms with Crippen LogP contribution in [0.4, 0.5) is 0 Å². The number of thiocarbonyl (C=S) groups is 1. The molecule has 1 aromatic carbocycles. The average molecular weight is 339 g/mol. The van der Waals surface area contributed by atoms with Gasteiger partial charge in [-0.05, 0) is 17.7 Å². The number of amides is 1. The van der Waals surface area contributed by atoms with Gasteiger partial charge < -0.3 is 14.6 Å². The van der Waals surface area contributed by atoms with E-state index in [9.17, 15) is 14.7 Å². The molecule has 1 heterocycles. The fourth-order valence-electron chi connectivity index (χ4n) is 1.97. The zero-order valence-electron chi connectivity index (χ0n) is 12.1. The van der Waals surface area contributed by atoms with Crippen LogP contribution in [0.1, 0.15) is 15.9 Å². The van der Waals surface area contributed by atoms with Crippen LogP contribution in [-0.4, -0.2) is 47.5 Å². The Morgan fingerprint density at radius 2 is 2.05 bits per heavy atom. The van der Waals surface area contributed by atoms with Gasteiger partial charge in [0.15, 0.2) is 11.5 Å². The molecule has 0 saturated carbocycles. The van der Waals surface area contributed by atoms with E-state index in [1.54, 1.807) is 19.2 Å². The molecule has 1 amide bonds. The summed E-state index contributed by atoms with van der Waals surface area (Å²) in [6.45, 7) is 0. The minimum Gasteiger partial charge on any atom is -0.493 e. The van der Waals surface area contributed by atoms with Gasteiger partial charge in [-0.1, -0.05) is 30.0 Å². The number of carbonyl (C=O) groups is 2. The largest absolute Gasteiger partial charge is 0.493 e. The maximum atomic E-state index is 12.0. The third-order valence-corrected chi connectivity index (χ3v) is 4.55. The van der Waals surface area contributed by atoms with Crippen LogP contribution in [0.25, 0.3) is 6.08 Å². The van der Waals surface area contributed by atoms with E-state index in [0.717, 1.165) is 11.8 Å². The minimum absolute atomic E-state index is 0.0665. The third-order valence-electron chi connectivity index (χ3n) is 3.06. The Balaban J connectivity index is 2.59. The van der Waals surface area contributed by atoms with Crippen molar-refractivity contribution in [3.63, 3.8) is 0 Å². The lowest BCUT2D eigenvalue weighted by Crippen LogP contribution is -2.22. The second-order valence-corrected chi connectivity index (χ2v) is 5.99. The molecule has 0 unspecified atom stereocenters. The average Bonchev–Trinajstić information content (AvgIpc) is 2.73. The normalized spacial score (nSPS) is 16.3. The number of ether oxygens (including phenoxy) is 2. The van der Waals surface area contributed by atoms with Crippen LogP contribution in [-0.2, 0) is 4.79 Å². The number of thioether (sulfide) groups is 1. The monoisotopic (exact) mass is 339 g/mol. The van der Waals surface area contributed by atoms with Crippen molar-refractivity contribution >= 4 is 46.3 Å². The number of aromatic carboxylic acids is 1. The van der Waals surface area contributed by atoms with Gasteiger partial charge in [0, 0.05) is 7.05 Å². The van der Waals surface area contributed by atoms with E-state index in [0.29, 0.717) is 20.5 Å². The van der Waals surface area contributed by atoms with Gasteiger partial charge in [0.25, 0.3) is 5.91 Å². The molecular formula is C14H13NO5S2. The summed E-state index contributed by atoms with van der Waals surface area (Å²) in [6, 6.07) is 3.15. The molecule has 2 rings (SSSR count). The van der Waals surface area contributed by atoms with Crippen molar-refractivity contribution < 1.29 is 24.2 Å². The highest BCUT2D eigenvalue weighted by Crippen LogP contribution is 2.37. The first-order chi connectivity index (χ1) is 10.4. The zero-order chi connectivity index (χ0) is 16.4. The van der Waals surface area contributed by atoms with Crippen molar-refractivity contribution in [3.8, 4) is 11.5 Å². The van der Waals surface area contributed by atoms with Gasteiger partial charge in [-0.3, -0.25) is 9.69 Å². The second kappa shape index (κ2) is 6.37. The van der Waals surface area contributed by atoms with Gasteiger partial charge in [-0.25, -0.2) is 4.79 Å². The number of nitrogens with zero attached hydrogens (tertiary/aromatic N) is 1. The second-order valence-electron chi connectivity index (χ2n) is 4.31. The van der Waals surface area contributed by atoms with Crippen LogP contribution in [0.15, 0.2) is 17.0 Å². The Labute approximate surface area is 136 Å². The summed E-state index contributed by atoms with van der Waals surface area (Å²) in [4.78, 5) is 25.3. The molecule has 1 aliphatic rings. The van der Waals surface area contributed by atoms with E-state index < -0.39 is 5.97 Å². The first kappa shape index (κ1) is 16.3. The fraction of sp³-hybridized carbons (Fsp3) is 0.214. The Morgan fingerprint density at radius 1 is 1.36 bits per heavy atom. The van der Waals surface area contributed by atoms with Crippen molar-refractivity contribution in [2.45, 2.75) is 0 Å². The standard InChI is InChI=1S/C14H13NO5S2/c1-15-12(16)9(22-14(15)21)6-7-4-5-8(19-2)11(20-3)10(7)13(17)18/h4-6H,1-3H3,(H,17,18)/b9-6+. The number of carboxylic acid groups (broad SMARTS) is 1. The molecular weight excluding hydrogens is 326 g/mol. The molecule has 0 aromatic heterocycles. The Hall–Kier alpha value is -2.06. The summed E-state index contributed by atoms with van der Waals surface area (Å²) in [5.41, 5.74) is 0.280. The maximum Gasteiger partial charge on any atom is 0.340 e. The van der Waals surface area contributed by atoms with E-state index in [1.807, 2.05) is 0 Å². The number of likely N-dealkylation sites (N-methyl/N-ethyl adjacent to an activating group) is 1. The van der Waals surface area contributed by atoms with Crippen molar-refractivity contribution in [2.75, 3.05) is 21.3 Å². The number of rotatable bonds is 4. The molecule has 116 valence electrons. The summed E-state index contributed by atoms with van der Waals surface area (Å²) in [5.74, 6) is -1.02. The molecule has 6 nitrogen and oxygen atoms in total. The predicted molar refractivity (Wildman–Crippen MR) is 87.4 cm³/mol. The highest BCUT2D eigenvalue weighted by atomic mass is 32.2. The molecule has 0 radical (unpaired) electrons. The van der Waals surface area contributed by atoms with Crippen molar-refractivity contribution in [3.05, 3.63) is 28.2 Å². The molecule has 0 aliphatic carbocycles. The smallest absolute Gasteiger partial charge is 0.340 e. The maximum absolute atomic E-state index is 12.0. The molecule has 0 bridgehead atoms. The quantitative estimate of drug-likeness (QED) is 0.666. The van der Waals surface area contributed by atoms with E-state index in [1.165, 1.54) is 25.2 Å². The van der Waals surface area contributed by atoms with Crippen LogP contribution in [0.2, 0.25) is 0 Å². The first-order valence-electron chi connectivity index (χ1n) is 6.10. The summed E-state index contributed by atoms with van der Waals surface area (Å²) in [7, 11) is 4.36. The van der Waals surface area contributed by atoms with Crippen molar-refractivity contribution in [1.82, 2.24) is 4.90 Å². The Kier molecular flexibility index (Phi) is 4.72. The molecule has 1 N–H and O–H groups in total. The van der Waals surface area contributed by atoms with Crippen LogP contribution in [0.3, 0.4) is 0 Å². The third kappa shape index (κ3) is 2.79. The summed E-state index contributed by atoms with van der Waals surface area (Å²) in [5, 5.41) is 9.45. The lowest BCUT2D eigenvalue weighted by Gasteiger charge is -2.12. The van der Waals surface area contributed by atoms with E-state index in [4.69, 9.17) is 21.7 Å². The van der Waals surface area contributed by atoms with Crippen molar-refractivity contribution in [2.24, 2.45) is 0 Å². The van der Waals surface area contributed by atoms with Gasteiger partial charge in [0.2, 0.25) is 0 Å². The first-order valence-corrected chi connectivity index (χ1v) is 7.33. The van der Waals surface area contributed by atoms with Crippen LogP contribution >= 0.6 is 24.0 Å². The van der Waals surface area contributed by atoms with Gasteiger partial charge in [-0.2, -0.15) is 0 Å². The molecule has 1 saturated heterocycles. The van der Waals surface area contributed by atoms with E-state index >= 15 is 0 Å². The minimum atomic E-state index is -1.17. The Bertz CT molecular complexity index is 699. The molecule has 0 spiro atoms. The molecule has 1 aromatic rings. The number of carboxylic acids is 1. The van der Waals surface area contributed by atoms with Crippen LogP contribution in [0.5, 0.6) is 11.5 Å². The summed E-state index contributed by atoms with van der Waals surface area (Å²) < 4.78 is 10.7. The molecule has 8 heteroatoms. The number of carbonyl (C=O) groups excluding carboxylic acids is 1. The van der Waals surface area contributed by atoms with Gasteiger partial charge >= 0.3 is 5.97 Å². The van der Waals surface area contributed by atoms with Gasteiger partial charge in [0.1, 0.15) is 9.88 Å².